The Labute approximate surface area is 153 Å². The van der Waals surface area contributed by atoms with E-state index in [0.717, 1.165) is 33.9 Å². The number of carbonyl (C=O) groups is 2. The van der Waals surface area contributed by atoms with Gasteiger partial charge < -0.3 is 5.11 Å². The number of phenols is 1. The molecule has 2 amide bonds. The highest BCUT2D eigenvalue weighted by molar-refractivity contribution is 8.18. The molecule has 0 bridgehead atoms. The average molecular weight is 370 g/mol. The predicted octanol–water partition coefficient (Wildman–Crippen LogP) is 3.85. The molecule has 1 saturated heterocycles. The minimum absolute atomic E-state index is 0.110. The summed E-state index contributed by atoms with van der Waals surface area (Å²) in [6.45, 7) is 2.06. The van der Waals surface area contributed by atoms with Gasteiger partial charge in [0.05, 0.1) is 16.4 Å². The van der Waals surface area contributed by atoms with Crippen molar-refractivity contribution in [2.45, 2.75) is 13.5 Å². The highest BCUT2D eigenvalue weighted by Crippen LogP contribution is 2.37. The van der Waals surface area contributed by atoms with Crippen LogP contribution in [0.3, 0.4) is 0 Å². The van der Waals surface area contributed by atoms with E-state index in [9.17, 15) is 24.8 Å². The highest BCUT2D eigenvalue weighted by Gasteiger charge is 2.35. The van der Waals surface area contributed by atoms with Gasteiger partial charge in [-0.05, 0) is 30.3 Å². The molecule has 26 heavy (non-hydrogen) atoms. The maximum atomic E-state index is 12.5. The van der Waals surface area contributed by atoms with Crippen LogP contribution in [0, 0.1) is 17.0 Å². The molecule has 1 heterocycles. The number of nitro groups is 1. The van der Waals surface area contributed by atoms with Gasteiger partial charge in [0, 0.05) is 11.6 Å². The molecule has 2 aromatic rings. The lowest BCUT2D eigenvalue weighted by Gasteiger charge is -2.12. The molecule has 7 nitrogen and oxygen atoms in total. The first kappa shape index (κ1) is 17.7. The summed E-state index contributed by atoms with van der Waals surface area (Å²) < 4.78 is 0. The fraction of sp³-hybridized carbons (Fsp3) is 0.111. The monoisotopic (exact) mass is 370 g/mol. The SMILES string of the molecule is Cc1cccc(CN2C(=O)S/C(=C\c3cccc([N+](=O)[O-])c3O)C2=O)c1. The normalized spacial score (nSPS) is 15.7. The van der Waals surface area contributed by atoms with Crippen molar-refractivity contribution >= 4 is 34.7 Å². The van der Waals surface area contributed by atoms with Crippen molar-refractivity contribution < 1.29 is 19.6 Å². The van der Waals surface area contributed by atoms with Crippen molar-refractivity contribution in [1.29, 1.82) is 0 Å². The Bertz CT molecular complexity index is 954. The van der Waals surface area contributed by atoms with Crippen LogP contribution in [0.25, 0.3) is 6.08 Å². The number of nitro benzene ring substituents is 1. The van der Waals surface area contributed by atoms with Gasteiger partial charge in [-0.3, -0.25) is 24.6 Å². The number of carbonyl (C=O) groups excluding carboxylic acids is 2. The lowest BCUT2D eigenvalue weighted by Crippen LogP contribution is -2.27. The molecule has 0 saturated carbocycles. The smallest absolute Gasteiger partial charge is 0.311 e. The molecule has 0 unspecified atom stereocenters. The first-order chi connectivity index (χ1) is 12.4. The Balaban J connectivity index is 1.88. The standard InChI is InChI=1S/C18H14N2O5S/c1-11-4-2-5-12(8-11)10-19-17(22)15(26-18(19)23)9-13-6-3-7-14(16(13)21)20(24)25/h2-9,21H,10H2,1H3/b15-9-. The number of thioether (sulfide) groups is 1. The third-order valence-corrected chi connectivity index (χ3v) is 4.73. The number of phenolic OH excluding ortho intramolecular Hbond substituents is 1. The molecule has 0 spiro atoms. The summed E-state index contributed by atoms with van der Waals surface area (Å²) >= 11 is 0.741. The highest BCUT2D eigenvalue weighted by atomic mass is 32.2. The van der Waals surface area contributed by atoms with Crippen LogP contribution in [0.2, 0.25) is 0 Å². The van der Waals surface area contributed by atoms with Gasteiger partial charge in [0.25, 0.3) is 11.1 Å². The summed E-state index contributed by atoms with van der Waals surface area (Å²) in [5.74, 6) is -1.03. The van der Waals surface area contributed by atoms with Crippen molar-refractivity contribution in [1.82, 2.24) is 4.90 Å². The quantitative estimate of drug-likeness (QED) is 0.498. The summed E-state index contributed by atoms with van der Waals surface area (Å²) in [7, 11) is 0. The van der Waals surface area contributed by atoms with Crippen molar-refractivity contribution in [3.05, 3.63) is 74.2 Å². The van der Waals surface area contributed by atoms with Crippen LogP contribution in [0.4, 0.5) is 10.5 Å². The molecule has 1 fully saturated rings. The van der Waals surface area contributed by atoms with Crippen LogP contribution in [0.5, 0.6) is 5.75 Å². The van der Waals surface area contributed by atoms with Gasteiger partial charge in [-0.2, -0.15) is 0 Å². The van der Waals surface area contributed by atoms with Gasteiger partial charge >= 0.3 is 5.69 Å². The van der Waals surface area contributed by atoms with Gasteiger partial charge in [0.15, 0.2) is 0 Å². The Morgan fingerprint density at radius 2 is 1.96 bits per heavy atom. The molecule has 0 atom stereocenters. The van der Waals surface area contributed by atoms with Gasteiger partial charge in [-0.1, -0.05) is 42.0 Å². The summed E-state index contributed by atoms with van der Waals surface area (Å²) in [6, 6.07) is 11.5. The summed E-state index contributed by atoms with van der Waals surface area (Å²) in [5, 5.41) is 20.5. The second-order valence-electron chi connectivity index (χ2n) is 5.73. The molecule has 1 aliphatic rings. The van der Waals surface area contributed by atoms with E-state index in [2.05, 4.69) is 0 Å². The molecule has 0 radical (unpaired) electrons. The van der Waals surface area contributed by atoms with E-state index in [0.29, 0.717) is 0 Å². The number of aryl methyl sites for hydroxylation is 1. The van der Waals surface area contributed by atoms with E-state index >= 15 is 0 Å². The van der Waals surface area contributed by atoms with Crippen LogP contribution in [0.15, 0.2) is 47.4 Å². The summed E-state index contributed by atoms with van der Waals surface area (Å²) in [4.78, 5) is 36.1. The Kier molecular flexibility index (Phi) is 4.77. The zero-order valence-electron chi connectivity index (χ0n) is 13.7. The maximum Gasteiger partial charge on any atom is 0.311 e. The molecule has 0 aliphatic carbocycles. The van der Waals surface area contributed by atoms with E-state index in [1.807, 2.05) is 31.2 Å². The third-order valence-electron chi connectivity index (χ3n) is 3.83. The number of imide groups is 1. The molecule has 0 aromatic heterocycles. The number of amides is 2. The molecule has 1 N–H and O–H groups in total. The molecule has 132 valence electrons. The lowest BCUT2D eigenvalue weighted by atomic mass is 10.1. The molecule has 8 heteroatoms. The first-order valence-electron chi connectivity index (χ1n) is 7.64. The van der Waals surface area contributed by atoms with Crippen molar-refractivity contribution in [2.24, 2.45) is 0 Å². The zero-order chi connectivity index (χ0) is 18.8. The Hall–Kier alpha value is -3.13. The van der Waals surface area contributed by atoms with Crippen LogP contribution < -0.4 is 0 Å². The van der Waals surface area contributed by atoms with Crippen LogP contribution >= 0.6 is 11.8 Å². The van der Waals surface area contributed by atoms with E-state index in [1.54, 1.807) is 0 Å². The molecular formula is C18H14N2O5S. The third kappa shape index (κ3) is 3.45. The Morgan fingerprint density at radius 1 is 1.23 bits per heavy atom. The largest absolute Gasteiger partial charge is 0.502 e. The van der Waals surface area contributed by atoms with Crippen LogP contribution in [-0.2, 0) is 11.3 Å². The predicted molar refractivity (Wildman–Crippen MR) is 97.5 cm³/mol. The first-order valence-corrected chi connectivity index (χ1v) is 8.46. The summed E-state index contributed by atoms with van der Waals surface area (Å²) in [6.07, 6.45) is 1.30. The number of nitrogens with zero attached hydrogens (tertiary/aromatic N) is 2. The van der Waals surface area contributed by atoms with E-state index in [1.165, 1.54) is 18.2 Å². The maximum absolute atomic E-state index is 12.5. The second kappa shape index (κ2) is 7.01. The number of hydrogen-bond acceptors (Lipinski definition) is 6. The topological polar surface area (TPSA) is 101 Å². The van der Waals surface area contributed by atoms with Crippen LogP contribution in [-0.4, -0.2) is 26.1 Å². The molecule has 3 rings (SSSR count). The fourth-order valence-electron chi connectivity index (χ4n) is 2.58. The van der Waals surface area contributed by atoms with Crippen LogP contribution in [0.1, 0.15) is 16.7 Å². The molecule has 1 aliphatic heterocycles. The number of rotatable bonds is 4. The van der Waals surface area contributed by atoms with E-state index in [4.69, 9.17) is 0 Å². The van der Waals surface area contributed by atoms with Gasteiger partial charge in [0.2, 0.25) is 5.75 Å². The Morgan fingerprint density at radius 3 is 2.65 bits per heavy atom. The second-order valence-corrected chi connectivity index (χ2v) is 6.72. The molecular weight excluding hydrogens is 356 g/mol. The van der Waals surface area contributed by atoms with Gasteiger partial charge in [0.1, 0.15) is 0 Å². The molecule has 2 aromatic carbocycles. The van der Waals surface area contributed by atoms with E-state index in [-0.39, 0.29) is 17.0 Å². The number of aromatic hydroxyl groups is 1. The van der Waals surface area contributed by atoms with E-state index < -0.39 is 27.5 Å². The minimum Gasteiger partial charge on any atom is -0.502 e. The van der Waals surface area contributed by atoms with Crippen molar-refractivity contribution in [3.63, 3.8) is 0 Å². The van der Waals surface area contributed by atoms with Crippen molar-refractivity contribution in [3.8, 4) is 5.75 Å². The zero-order valence-corrected chi connectivity index (χ0v) is 14.5. The minimum atomic E-state index is -0.712. The fourth-order valence-corrected chi connectivity index (χ4v) is 3.41. The number of benzene rings is 2. The van der Waals surface area contributed by atoms with Crippen molar-refractivity contribution in [2.75, 3.05) is 0 Å². The van der Waals surface area contributed by atoms with Gasteiger partial charge in [-0.25, -0.2) is 0 Å². The summed E-state index contributed by atoms with van der Waals surface area (Å²) in [5.41, 5.74) is 1.50. The average Bonchev–Trinajstić information content (AvgIpc) is 2.84. The number of para-hydroxylation sites is 1. The van der Waals surface area contributed by atoms with Gasteiger partial charge in [-0.15, -0.1) is 0 Å². The number of hydrogen-bond donors (Lipinski definition) is 1. The lowest BCUT2D eigenvalue weighted by molar-refractivity contribution is -0.385.